The summed E-state index contributed by atoms with van der Waals surface area (Å²) in [5.74, 6) is -0.379. The molecule has 6 heteroatoms. The van der Waals surface area contributed by atoms with Crippen molar-refractivity contribution >= 4 is 34.8 Å². The average Bonchev–Trinajstić information content (AvgIpc) is 2.93. The first-order chi connectivity index (χ1) is 14.5. The number of carbonyl (C=O) groups is 2. The molecular weight excluding hydrogens is 398 g/mol. The Bertz CT molecular complexity index is 1080. The molecule has 0 aliphatic carbocycles. The summed E-state index contributed by atoms with van der Waals surface area (Å²) in [7, 11) is 0. The Morgan fingerprint density at radius 2 is 1.67 bits per heavy atom. The molecule has 152 valence electrons. The van der Waals surface area contributed by atoms with Crippen molar-refractivity contribution < 1.29 is 9.59 Å². The van der Waals surface area contributed by atoms with Gasteiger partial charge in [-0.05, 0) is 60.9 Å². The minimum Gasteiger partial charge on any atom is -0.324 e. The van der Waals surface area contributed by atoms with Crippen LogP contribution >= 0.6 is 11.6 Å². The molecule has 30 heavy (non-hydrogen) atoms. The van der Waals surface area contributed by atoms with Crippen molar-refractivity contribution in [2.24, 2.45) is 5.73 Å². The average molecular weight is 420 g/mol. The Morgan fingerprint density at radius 1 is 0.967 bits per heavy atom. The van der Waals surface area contributed by atoms with Crippen LogP contribution in [0.5, 0.6) is 0 Å². The van der Waals surface area contributed by atoms with E-state index in [1.165, 1.54) is 0 Å². The van der Waals surface area contributed by atoms with Crippen LogP contribution in [0.3, 0.4) is 0 Å². The van der Waals surface area contributed by atoms with Crippen LogP contribution in [0.4, 0.5) is 11.4 Å². The molecule has 3 aromatic carbocycles. The van der Waals surface area contributed by atoms with Gasteiger partial charge in [0.15, 0.2) is 0 Å². The minimum absolute atomic E-state index is 0.0681. The first kappa shape index (κ1) is 20.1. The molecule has 5 nitrogen and oxygen atoms in total. The standard InChI is InChI=1S/C24H22ClN3O2/c25-20-8-3-1-6-18(20)23(29)27-17-13-11-16(12-14-17)24(30)28-15-5-9-21(26)19-7-2-4-10-22(19)28/h1-4,6-8,10-14,21H,5,9,15,26H2,(H,27,29). The van der Waals surface area contributed by atoms with E-state index in [4.69, 9.17) is 17.3 Å². The van der Waals surface area contributed by atoms with E-state index < -0.39 is 0 Å². The summed E-state index contributed by atoms with van der Waals surface area (Å²) >= 11 is 6.08. The maximum atomic E-state index is 13.2. The SMILES string of the molecule is NC1CCCN(C(=O)c2ccc(NC(=O)c3ccccc3Cl)cc2)c2ccccc21. The van der Waals surface area contributed by atoms with E-state index in [0.717, 1.165) is 24.1 Å². The van der Waals surface area contributed by atoms with Gasteiger partial charge in [-0.25, -0.2) is 0 Å². The fourth-order valence-electron chi connectivity index (χ4n) is 3.70. The summed E-state index contributed by atoms with van der Waals surface area (Å²) in [6, 6.07) is 21.5. The second-order valence-corrected chi connectivity index (χ2v) is 7.68. The predicted molar refractivity (Wildman–Crippen MR) is 120 cm³/mol. The maximum absolute atomic E-state index is 13.2. The van der Waals surface area contributed by atoms with Crippen LogP contribution in [0.1, 0.15) is 45.2 Å². The number of anilines is 2. The number of hydrogen-bond acceptors (Lipinski definition) is 3. The molecule has 0 aromatic heterocycles. The van der Waals surface area contributed by atoms with E-state index in [1.807, 2.05) is 24.3 Å². The lowest BCUT2D eigenvalue weighted by atomic mass is 10.0. The number of benzene rings is 3. The number of para-hydroxylation sites is 1. The van der Waals surface area contributed by atoms with Gasteiger partial charge in [-0.15, -0.1) is 0 Å². The number of fused-ring (bicyclic) bond motifs is 1. The maximum Gasteiger partial charge on any atom is 0.258 e. The molecule has 1 atom stereocenters. The molecule has 3 aromatic rings. The number of carbonyl (C=O) groups excluding carboxylic acids is 2. The molecule has 0 radical (unpaired) electrons. The van der Waals surface area contributed by atoms with Crippen molar-refractivity contribution in [3.05, 3.63) is 94.5 Å². The number of halogens is 1. The molecule has 0 spiro atoms. The monoisotopic (exact) mass is 419 g/mol. The van der Waals surface area contributed by atoms with Crippen molar-refractivity contribution in [2.75, 3.05) is 16.8 Å². The Kier molecular flexibility index (Phi) is 5.84. The van der Waals surface area contributed by atoms with Crippen molar-refractivity contribution in [3.63, 3.8) is 0 Å². The number of nitrogens with two attached hydrogens (primary N) is 1. The fraction of sp³-hybridized carbons (Fsp3) is 0.167. The quantitative estimate of drug-likeness (QED) is 0.625. The first-order valence-electron chi connectivity index (χ1n) is 9.87. The summed E-state index contributed by atoms with van der Waals surface area (Å²) in [6.07, 6.45) is 1.68. The molecule has 1 unspecified atom stereocenters. The zero-order valence-electron chi connectivity index (χ0n) is 16.3. The van der Waals surface area contributed by atoms with Gasteiger partial charge in [0.1, 0.15) is 0 Å². The molecule has 2 amide bonds. The van der Waals surface area contributed by atoms with Crippen LogP contribution in [0.2, 0.25) is 5.02 Å². The van der Waals surface area contributed by atoms with E-state index in [2.05, 4.69) is 5.32 Å². The first-order valence-corrected chi connectivity index (χ1v) is 10.2. The van der Waals surface area contributed by atoms with Crippen molar-refractivity contribution in [3.8, 4) is 0 Å². The third kappa shape index (κ3) is 4.08. The van der Waals surface area contributed by atoms with Crippen LogP contribution < -0.4 is 16.0 Å². The Balaban J connectivity index is 1.53. The normalized spacial score (nSPS) is 15.8. The summed E-state index contributed by atoms with van der Waals surface area (Å²) in [4.78, 5) is 27.4. The van der Waals surface area contributed by atoms with Crippen LogP contribution in [0.15, 0.2) is 72.8 Å². The van der Waals surface area contributed by atoms with Gasteiger partial charge in [-0.1, -0.05) is 41.9 Å². The zero-order valence-corrected chi connectivity index (χ0v) is 17.1. The molecule has 0 saturated heterocycles. The number of nitrogens with zero attached hydrogens (tertiary/aromatic N) is 1. The van der Waals surface area contributed by atoms with Gasteiger partial charge in [0.05, 0.1) is 10.6 Å². The van der Waals surface area contributed by atoms with Gasteiger partial charge in [-0.3, -0.25) is 9.59 Å². The van der Waals surface area contributed by atoms with Crippen molar-refractivity contribution in [1.29, 1.82) is 0 Å². The minimum atomic E-state index is -0.296. The van der Waals surface area contributed by atoms with Gasteiger partial charge in [0, 0.05) is 29.5 Å². The topological polar surface area (TPSA) is 75.4 Å². The number of rotatable bonds is 3. The molecule has 0 saturated carbocycles. The van der Waals surface area contributed by atoms with E-state index in [9.17, 15) is 9.59 Å². The van der Waals surface area contributed by atoms with E-state index >= 15 is 0 Å². The number of hydrogen-bond donors (Lipinski definition) is 2. The Hall–Kier alpha value is -3.15. The fourth-order valence-corrected chi connectivity index (χ4v) is 3.92. The van der Waals surface area contributed by atoms with Crippen molar-refractivity contribution in [2.45, 2.75) is 18.9 Å². The highest BCUT2D eigenvalue weighted by molar-refractivity contribution is 6.34. The smallest absolute Gasteiger partial charge is 0.258 e. The molecular formula is C24H22ClN3O2. The molecule has 3 N–H and O–H groups in total. The summed E-state index contributed by atoms with van der Waals surface area (Å²) in [6.45, 7) is 0.620. The van der Waals surface area contributed by atoms with Gasteiger partial charge < -0.3 is 16.0 Å². The Labute approximate surface area is 180 Å². The lowest BCUT2D eigenvalue weighted by molar-refractivity contribution is 0.0985. The molecule has 0 fully saturated rings. The summed E-state index contributed by atoms with van der Waals surface area (Å²) in [5, 5.41) is 3.20. The van der Waals surface area contributed by atoms with Gasteiger partial charge >= 0.3 is 0 Å². The highest BCUT2D eigenvalue weighted by Gasteiger charge is 2.25. The van der Waals surface area contributed by atoms with Crippen LogP contribution in [0.25, 0.3) is 0 Å². The van der Waals surface area contributed by atoms with Gasteiger partial charge in [0.2, 0.25) is 0 Å². The number of nitrogens with one attached hydrogen (secondary N) is 1. The van der Waals surface area contributed by atoms with Gasteiger partial charge in [-0.2, -0.15) is 0 Å². The molecule has 1 aliphatic heterocycles. The summed E-state index contributed by atoms with van der Waals surface area (Å²) < 4.78 is 0. The second-order valence-electron chi connectivity index (χ2n) is 7.28. The number of amides is 2. The van der Waals surface area contributed by atoms with E-state index in [-0.39, 0.29) is 17.9 Å². The van der Waals surface area contributed by atoms with Crippen LogP contribution in [-0.2, 0) is 0 Å². The second kappa shape index (κ2) is 8.69. The summed E-state index contributed by atoms with van der Waals surface area (Å²) in [5.41, 5.74) is 9.69. The predicted octanol–water partition coefficient (Wildman–Crippen LogP) is 5.03. The lowest BCUT2D eigenvalue weighted by Gasteiger charge is -2.23. The molecule has 4 rings (SSSR count). The molecule has 1 heterocycles. The highest BCUT2D eigenvalue weighted by atomic mass is 35.5. The van der Waals surface area contributed by atoms with Gasteiger partial charge in [0.25, 0.3) is 11.8 Å². The third-order valence-electron chi connectivity index (χ3n) is 5.28. The zero-order chi connectivity index (χ0) is 21.1. The van der Waals surface area contributed by atoms with E-state index in [0.29, 0.717) is 28.4 Å². The molecule has 1 aliphatic rings. The lowest BCUT2D eigenvalue weighted by Crippen LogP contribution is -2.31. The van der Waals surface area contributed by atoms with Crippen LogP contribution in [0, 0.1) is 0 Å². The van der Waals surface area contributed by atoms with E-state index in [1.54, 1.807) is 53.4 Å². The van der Waals surface area contributed by atoms with Crippen LogP contribution in [-0.4, -0.2) is 18.4 Å². The molecule has 0 bridgehead atoms. The Morgan fingerprint density at radius 3 is 2.43 bits per heavy atom. The third-order valence-corrected chi connectivity index (χ3v) is 5.61. The van der Waals surface area contributed by atoms with Crippen molar-refractivity contribution in [1.82, 2.24) is 0 Å². The highest BCUT2D eigenvalue weighted by Crippen LogP contribution is 2.32. The largest absolute Gasteiger partial charge is 0.324 e.